The lowest BCUT2D eigenvalue weighted by Crippen LogP contribution is -2.32. The van der Waals surface area contributed by atoms with E-state index < -0.39 is 26.3 Å². The highest BCUT2D eigenvalue weighted by Crippen LogP contribution is 2.29. The van der Waals surface area contributed by atoms with Crippen molar-refractivity contribution in [1.29, 1.82) is 0 Å². The summed E-state index contributed by atoms with van der Waals surface area (Å²) in [6.45, 7) is 21.4. The summed E-state index contributed by atoms with van der Waals surface area (Å²) in [6.07, 6.45) is 2.02. The lowest BCUT2D eigenvalue weighted by atomic mass is 9.85. The van der Waals surface area contributed by atoms with Gasteiger partial charge < -0.3 is 20.7 Å². The molecule has 44 heavy (non-hydrogen) atoms. The molecule has 0 fully saturated rings. The highest BCUT2D eigenvalue weighted by Gasteiger charge is 2.20. The molecule has 0 radical (unpaired) electrons. The third kappa shape index (κ3) is 11.1. The Bertz CT molecular complexity index is 1480. The molecule has 1 heterocycles. The standard InChI is InChI=1S/C36H48IN3O4/c1-23-30(25-11-13-26(14-12-25)32(42)39-22-34(2,3)4)18-29(19-37-23)40-33(43)27-15-24(16-28(17-27)35(5,6)7)20-38-21-31(41)44-36(8,9)10/h11-19,38H,20-22H2,1-10H3,(H,39,42)(H,40,43). The molecule has 1 aliphatic rings. The summed E-state index contributed by atoms with van der Waals surface area (Å²) in [6, 6.07) is 13.5. The number of nitrogens with one attached hydrogen (secondary N) is 3. The van der Waals surface area contributed by atoms with Gasteiger partial charge in [-0.3, -0.25) is 14.4 Å². The minimum atomic E-state index is -0.539. The van der Waals surface area contributed by atoms with E-state index in [-0.39, 0.29) is 35.2 Å². The molecule has 8 heteroatoms. The molecule has 7 nitrogen and oxygen atoms in total. The fourth-order valence-corrected chi connectivity index (χ4v) is 6.27. The Kier molecular flexibility index (Phi) is 11.5. The minimum absolute atomic E-state index is 0.0136. The summed E-state index contributed by atoms with van der Waals surface area (Å²) in [5, 5.41) is 9.27. The van der Waals surface area contributed by atoms with Crippen molar-refractivity contribution in [1.82, 2.24) is 16.0 Å². The van der Waals surface area contributed by atoms with E-state index >= 15 is 0 Å². The monoisotopic (exact) mass is 713 g/mol. The molecule has 238 valence electrons. The van der Waals surface area contributed by atoms with Gasteiger partial charge in [-0.2, -0.15) is 0 Å². The number of benzene rings is 2. The normalized spacial score (nSPS) is 14.0. The van der Waals surface area contributed by atoms with Gasteiger partial charge in [0, 0.05) is 29.9 Å². The fourth-order valence-electron chi connectivity index (χ4n) is 4.33. The second-order valence-corrected chi connectivity index (χ2v) is 17.3. The van der Waals surface area contributed by atoms with Crippen molar-refractivity contribution in [3.05, 3.63) is 86.1 Å². The van der Waals surface area contributed by atoms with E-state index in [9.17, 15) is 14.4 Å². The molecule has 2 aromatic rings. The van der Waals surface area contributed by atoms with Gasteiger partial charge in [0.15, 0.2) is 0 Å². The van der Waals surface area contributed by atoms with Crippen LogP contribution in [0.2, 0.25) is 0 Å². The molecule has 3 N–H and O–H groups in total. The summed E-state index contributed by atoms with van der Waals surface area (Å²) in [4.78, 5) is 38.3. The maximum absolute atomic E-state index is 13.5. The van der Waals surface area contributed by atoms with E-state index in [0.717, 1.165) is 28.0 Å². The fraction of sp³-hybridized carbons (Fsp3) is 0.444. The number of esters is 1. The smallest absolute Gasteiger partial charge is 0.320 e. The summed E-state index contributed by atoms with van der Waals surface area (Å²) in [7, 11) is 0. The Morgan fingerprint density at radius 1 is 0.841 bits per heavy atom. The maximum atomic E-state index is 13.5. The molecule has 0 saturated heterocycles. The van der Waals surface area contributed by atoms with Crippen molar-refractivity contribution in [3.63, 3.8) is 0 Å². The van der Waals surface area contributed by atoms with Gasteiger partial charge in [-0.05, 0) is 98.7 Å². The second kappa shape index (κ2) is 14.3. The first kappa shape index (κ1) is 35.4. The van der Waals surface area contributed by atoms with Crippen LogP contribution in [-0.4, -0.2) is 40.0 Å². The summed E-state index contributed by atoms with van der Waals surface area (Å²) < 4.78 is 8.81. The topological polar surface area (TPSA) is 96.5 Å². The third-order valence-corrected chi connectivity index (χ3v) is 9.14. The Morgan fingerprint density at radius 2 is 1.50 bits per heavy atom. The van der Waals surface area contributed by atoms with E-state index in [0.29, 0.717) is 24.2 Å². The van der Waals surface area contributed by atoms with Gasteiger partial charge in [-0.1, -0.05) is 80.5 Å². The first-order chi connectivity index (χ1) is 20.3. The number of hydrogen-bond acceptors (Lipinski definition) is 5. The Labute approximate surface area is 273 Å². The number of carbonyl (C=O) groups is 3. The Morgan fingerprint density at radius 3 is 2.09 bits per heavy atom. The second-order valence-electron chi connectivity index (χ2n) is 14.4. The van der Waals surface area contributed by atoms with Gasteiger partial charge >= 0.3 is 5.97 Å². The molecule has 0 atom stereocenters. The van der Waals surface area contributed by atoms with Gasteiger partial charge in [-0.25, -0.2) is 0 Å². The van der Waals surface area contributed by atoms with Crippen molar-refractivity contribution in [2.75, 3.05) is 13.1 Å². The largest absolute Gasteiger partial charge is 0.459 e. The van der Waals surface area contributed by atoms with Crippen molar-refractivity contribution in [2.45, 2.75) is 86.8 Å². The molecular formula is C36H48IN3O4. The number of halogens is 1. The highest BCUT2D eigenvalue weighted by molar-refractivity contribution is 14.2. The van der Waals surface area contributed by atoms with Crippen LogP contribution in [0.1, 0.15) is 107 Å². The van der Waals surface area contributed by atoms with E-state index in [2.05, 4.69) is 74.6 Å². The number of ether oxygens (including phenoxy) is 1. The van der Waals surface area contributed by atoms with Gasteiger partial charge in [0.25, 0.3) is 11.8 Å². The van der Waals surface area contributed by atoms with Gasteiger partial charge in [0.1, 0.15) is 5.60 Å². The van der Waals surface area contributed by atoms with Crippen LogP contribution in [0, 0.1) is 5.41 Å². The van der Waals surface area contributed by atoms with Crippen LogP contribution < -0.4 is 16.0 Å². The number of hydrogen-bond donors (Lipinski definition) is 3. The van der Waals surface area contributed by atoms with Crippen molar-refractivity contribution < 1.29 is 19.1 Å². The molecule has 0 aliphatic carbocycles. The zero-order chi connectivity index (χ0) is 32.9. The van der Waals surface area contributed by atoms with Gasteiger partial charge in [0.2, 0.25) is 0 Å². The Hall–Kier alpha value is -3.11. The quantitative estimate of drug-likeness (QED) is 0.192. The molecule has 1 aliphatic heterocycles. The number of amides is 2. The highest BCUT2D eigenvalue weighted by atomic mass is 127. The average Bonchev–Trinajstić information content (AvgIpc) is 2.91. The molecule has 0 saturated carbocycles. The van der Waals surface area contributed by atoms with Gasteiger partial charge in [-0.15, -0.1) is 0 Å². The van der Waals surface area contributed by atoms with Crippen molar-refractivity contribution in [2.24, 2.45) is 5.41 Å². The Balaban J connectivity index is 1.75. The number of carbonyl (C=O) groups excluding carboxylic acids is 3. The molecule has 0 unspecified atom stereocenters. The van der Waals surface area contributed by atoms with Crippen molar-refractivity contribution >= 4 is 47.6 Å². The van der Waals surface area contributed by atoms with E-state index in [4.69, 9.17) is 4.74 Å². The van der Waals surface area contributed by atoms with Crippen LogP contribution in [0.4, 0.5) is 0 Å². The first-order valence-corrected chi connectivity index (χ1v) is 17.3. The van der Waals surface area contributed by atoms with E-state index in [1.54, 1.807) is 0 Å². The van der Waals surface area contributed by atoms with Crippen molar-refractivity contribution in [3.8, 4) is 0 Å². The van der Waals surface area contributed by atoms with E-state index in [1.165, 1.54) is 3.51 Å². The maximum Gasteiger partial charge on any atom is 0.320 e. The molecular weight excluding hydrogens is 665 g/mol. The third-order valence-electron chi connectivity index (χ3n) is 6.64. The minimum Gasteiger partial charge on any atom is -0.459 e. The van der Waals surface area contributed by atoms with E-state index in [1.807, 2.05) is 63.2 Å². The SMILES string of the molecule is CC1=IC=C(NC(=O)c2cc(CNCC(=O)OC(C)(C)C)cc(C(C)(C)C)c2)C=C1c1ccc(C(=O)NCC(C)(C)C)cc1. The van der Waals surface area contributed by atoms with Crippen LogP contribution in [0.15, 0.2) is 58.3 Å². The summed E-state index contributed by atoms with van der Waals surface area (Å²) in [5.41, 5.74) is 5.33. The van der Waals surface area contributed by atoms with Gasteiger partial charge in [0.05, 0.1) is 6.54 Å². The molecule has 2 amide bonds. The van der Waals surface area contributed by atoms with Crippen LogP contribution in [0.25, 0.3) is 5.57 Å². The molecule has 2 aromatic carbocycles. The molecule has 0 aromatic heterocycles. The number of allylic oxidation sites excluding steroid dienone is 2. The predicted octanol–water partition coefficient (Wildman–Crippen LogP) is 7.02. The van der Waals surface area contributed by atoms with Crippen LogP contribution >= 0.6 is 20.7 Å². The zero-order valence-corrected chi connectivity index (χ0v) is 30.0. The lowest BCUT2D eigenvalue weighted by molar-refractivity contribution is -0.153. The molecule has 0 bridgehead atoms. The first-order valence-electron chi connectivity index (χ1n) is 15.0. The van der Waals surface area contributed by atoms with Crippen LogP contribution in [0.3, 0.4) is 0 Å². The molecule has 3 rings (SSSR count). The number of rotatable bonds is 9. The summed E-state index contributed by atoms with van der Waals surface area (Å²) in [5.74, 6) is -0.578. The zero-order valence-electron chi connectivity index (χ0n) is 27.8. The summed E-state index contributed by atoms with van der Waals surface area (Å²) >= 11 is -0.415. The van der Waals surface area contributed by atoms with Crippen LogP contribution in [-0.2, 0) is 21.5 Å². The van der Waals surface area contributed by atoms with Crippen LogP contribution in [0.5, 0.6) is 0 Å². The predicted molar refractivity (Wildman–Crippen MR) is 189 cm³/mol. The average molecular weight is 714 g/mol. The molecule has 0 spiro atoms. The lowest BCUT2D eigenvalue weighted by Gasteiger charge is -2.22.